The third kappa shape index (κ3) is 3.31. The molecular formula is C24H21N5. The number of hydrogen-bond donors (Lipinski definition) is 0. The normalized spacial score (nSPS) is 12.3. The molecule has 0 bridgehead atoms. The summed E-state index contributed by atoms with van der Waals surface area (Å²) in [6.45, 7) is 2.96. The van der Waals surface area contributed by atoms with Gasteiger partial charge in [0.05, 0.1) is 35.8 Å². The van der Waals surface area contributed by atoms with E-state index in [4.69, 9.17) is 4.98 Å². The van der Waals surface area contributed by atoms with Crippen molar-refractivity contribution in [2.75, 3.05) is 0 Å². The first-order valence-electron chi connectivity index (χ1n) is 9.74. The van der Waals surface area contributed by atoms with Crippen molar-refractivity contribution in [3.63, 3.8) is 0 Å². The molecule has 0 spiro atoms. The number of pyridine rings is 1. The summed E-state index contributed by atoms with van der Waals surface area (Å²) in [7, 11) is 0. The van der Waals surface area contributed by atoms with E-state index in [0.29, 0.717) is 0 Å². The van der Waals surface area contributed by atoms with Crippen LogP contribution in [0.2, 0.25) is 0 Å². The number of rotatable bonds is 5. The van der Waals surface area contributed by atoms with E-state index < -0.39 is 0 Å². The zero-order valence-corrected chi connectivity index (χ0v) is 16.2. The molecule has 0 aliphatic rings. The topological polar surface area (TPSA) is 48.5 Å². The van der Waals surface area contributed by atoms with Crippen LogP contribution < -0.4 is 0 Å². The van der Waals surface area contributed by atoms with Crippen molar-refractivity contribution in [1.29, 1.82) is 0 Å². The summed E-state index contributed by atoms with van der Waals surface area (Å²) in [5, 5.41) is 5.48. The van der Waals surface area contributed by atoms with Gasteiger partial charge in [-0.15, -0.1) is 0 Å². The highest BCUT2D eigenvalue weighted by molar-refractivity contribution is 5.86. The maximum absolute atomic E-state index is 4.80. The van der Waals surface area contributed by atoms with Crippen LogP contribution >= 0.6 is 0 Å². The lowest BCUT2D eigenvalue weighted by Gasteiger charge is -2.18. The zero-order chi connectivity index (χ0) is 19.6. The fourth-order valence-corrected chi connectivity index (χ4v) is 3.76. The molecule has 5 rings (SSSR count). The van der Waals surface area contributed by atoms with Gasteiger partial charge in [0.15, 0.2) is 0 Å². The Balaban J connectivity index is 1.66. The highest BCUT2D eigenvalue weighted by Gasteiger charge is 2.19. The maximum atomic E-state index is 4.80. The Morgan fingerprint density at radius 2 is 1.72 bits per heavy atom. The van der Waals surface area contributed by atoms with E-state index in [1.54, 1.807) is 0 Å². The lowest BCUT2D eigenvalue weighted by atomic mass is 10.0. The lowest BCUT2D eigenvalue weighted by molar-refractivity contribution is 0.440. The molecule has 3 heterocycles. The smallest absolute Gasteiger partial charge is 0.0963 e. The first-order chi connectivity index (χ1) is 14.3. The Morgan fingerprint density at radius 3 is 2.55 bits per heavy atom. The Labute approximate surface area is 169 Å². The van der Waals surface area contributed by atoms with Crippen molar-refractivity contribution in [3.8, 4) is 22.5 Å². The summed E-state index contributed by atoms with van der Waals surface area (Å²) in [6, 6.07) is 22.8. The summed E-state index contributed by atoms with van der Waals surface area (Å²) in [4.78, 5) is 9.49. The van der Waals surface area contributed by atoms with Gasteiger partial charge in [-0.3, -0.25) is 9.67 Å². The monoisotopic (exact) mass is 379 g/mol. The second-order valence-corrected chi connectivity index (χ2v) is 7.21. The molecule has 0 radical (unpaired) electrons. The molecule has 0 fully saturated rings. The quantitative estimate of drug-likeness (QED) is 0.420. The highest BCUT2D eigenvalue weighted by Crippen LogP contribution is 2.34. The minimum absolute atomic E-state index is 0.182. The van der Waals surface area contributed by atoms with E-state index in [1.807, 2.05) is 72.1 Å². The van der Waals surface area contributed by atoms with Crippen molar-refractivity contribution in [2.45, 2.75) is 19.5 Å². The van der Waals surface area contributed by atoms with Crippen molar-refractivity contribution >= 4 is 10.9 Å². The third-order valence-corrected chi connectivity index (χ3v) is 5.19. The van der Waals surface area contributed by atoms with E-state index in [9.17, 15) is 0 Å². The Morgan fingerprint density at radius 1 is 0.897 bits per heavy atom. The van der Waals surface area contributed by atoms with Gasteiger partial charge in [-0.1, -0.05) is 48.5 Å². The van der Waals surface area contributed by atoms with Gasteiger partial charge in [-0.05, 0) is 25.1 Å². The lowest BCUT2D eigenvalue weighted by Crippen LogP contribution is -2.14. The predicted molar refractivity (Wildman–Crippen MR) is 115 cm³/mol. The van der Waals surface area contributed by atoms with Crippen LogP contribution in [0, 0.1) is 0 Å². The Kier molecular flexibility index (Phi) is 4.41. The number of hydrogen-bond acceptors (Lipinski definition) is 3. The molecule has 29 heavy (non-hydrogen) atoms. The summed E-state index contributed by atoms with van der Waals surface area (Å²) >= 11 is 0. The van der Waals surface area contributed by atoms with Crippen LogP contribution in [0.1, 0.15) is 13.0 Å². The minimum atomic E-state index is 0.182. The Bertz CT molecular complexity index is 1240. The van der Waals surface area contributed by atoms with Crippen LogP contribution in [0.3, 0.4) is 0 Å². The van der Waals surface area contributed by atoms with Crippen molar-refractivity contribution < 1.29 is 0 Å². The molecule has 5 heteroatoms. The molecule has 0 saturated carbocycles. The molecule has 3 aromatic heterocycles. The van der Waals surface area contributed by atoms with Crippen LogP contribution in [-0.4, -0.2) is 24.3 Å². The van der Waals surface area contributed by atoms with Crippen LogP contribution in [0.5, 0.6) is 0 Å². The third-order valence-electron chi connectivity index (χ3n) is 5.19. The SMILES string of the molecule is C[C@H](Cn1cccn1)n1cnc(-c2ccccc2)c1-c1cnc2ccccc2c1. The first-order valence-corrected chi connectivity index (χ1v) is 9.74. The molecule has 5 nitrogen and oxygen atoms in total. The van der Waals surface area contributed by atoms with Gasteiger partial charge < -0.3 is 4.57 Å². The van der Waals surface area contributed by atoms with Gasteiger partial charge in [-0.2, -0.15) is 5.10 Å². The van der Waals surface area contributed by atoms with Crippen LogP contribution in [-0.2, 0) is 6.54 Å². The van der Waals surface area contributed by atoms with Gasteiger partial charge in [-0.25, -0.2) is 4.98 Å². The van der Waals surface area contributed by atoms with Crippen molar-refractivity contribution in [2.24, 2.45) is 0 Å². The molecule has 0 N–H and O–H groups in total. The molecule has 0 saturated heterocycles. The molecule has 5 aromatic rings. The van der Waals surface area contributed by atoms with Gasteiger partial charge in [0, 0.05) is 35.1 Å². The summed E-state index contributed by atoms with van der Waals surface area (Å²) < 4.78 is 4.19. The van der Waals surface area contributed by atoms with E-state index in [0.717, 1.165) is 40.0 Å². The summed E-state index contributed by atoms with van der Waals surface area (Å²) in [5.41, 5.74) is 5.20. The fourth-order valence-electron chi connectivity index (χ4n) is 3.76. The zero-order valence-electron chi connectivity index (χ0n) is 16.2. The molecule has 1 atom stereocenters. The minimum Gasteiger partial charge on any atom is -0.325 e. The van der Waals surface area contributed by atoms with E-state index >= 15 is 0 Å². The van der Waals surface area contributed by atoms with Gasteiger partial charge >= 0.3 is 0 Å². The molecule has 0 aliphatic heterocycles. The highest BCUT2D eigenvalue weighted by atomic mass is 15.3. The maximum Gasteiger partial charge on any atom is 0.0963 e. The fraction of sp³-hybridized carbons (Fsp3) is 0.125. The summed E-state index contributed by atoms with van der Waals surface area (Å²) in [5.74, 6) is 0. The van der Waals surface area contributed by atoms with Gasteiger partial charge in [0.2, 0.25) is 0 Å². The average molecular weight is 379 g/mol. The second-order valence-electron chi connectivity index (χ2n) is 7.21. The van der Waals surface area contributed by atoms with Crippen molar-refractivity contribution in [1.82, 2.24) is 24.3 Å². The molecule has 0 unspecified atom stereocenters. The van der Waals surface area contributed by atoms with E-state index in [1.165, 1.54) is 0 Å². The molecule has 0 amide bonds. The van der Waals surface area contributed by atoms with Crippen LogP contribution in [0.15, 0.2) is 91.6 Å². The van der Waals surface area contributed by atoms with E-state index in [-0.39, 0.29) is 6.04 Å². The van der Waals surface area contributed by atoms with Crippen LogP contribution in [0.4, 0.5) is 0 Å². The second kappa shape index (κ2) is 7.36. The van der Waals surface area contributed by atoms with Crippen LogP contribution in [0.25, 0.3) is 33.4 Å². The largest absolute Gasteiger partial charge is 0.325 e. The number of nitrogens with zero attached hydrogens (tertiary/aromatic N) is 5. The predicted octanol–water partition coefficient (Wildman–Crippen LogP) is 5.22. The standard InChI is InChI=1S/C24H21N5/c1-18(16-28-13-7-12-27-28)29-17-26-23(19-8-3-2-4-9-19)24(29)21-14-20-10-5-6-11-22(20)25-15-21/h2-15,17-18H,16H2,1H3/t18-/m1/s1. The number of imidazole rings is 1. The summed E-state index contributed by atoms with van der Waals surface area (Å²) in [6.07, 6.45) is 7.68. The molecule has 2 aromatic carbocycles. The number of fused-ring (bicyclic) bond motifs is 1. The van der Waals surface area contributed by atoms with Crippen molar-refractivity contribution in [3.05, 3.63) is 91.6 Å². The Hall–Kier alpha value is -3.73. The van der Waals surface area contributed by atoms with Gasteiger partial charge in [0.25, 0.3) is 0 Å². The number of benzene rings is 2. The van der Waals surface area contributed by atoms with E-state index in [2.05, 4.69) is 45.8 Å². The molecular weight excluding hydrogens is 358 g/mol. The first kappa shape index (κ1) is 17.4. The van der Waals surface area contributed by atoms with Gasteiger partial charge in [0.1, 0.15) is 0 Å². The molecule has 0 aliphatic carbocycles. The number of para-hydroxylation sites is 1. The average Bonchev–Trinajstić information content (AvgIpc) is 3.44. The number of aromatic nitrogens is 5. The molecule has 142 valence electrons.